The van der Waals surface area contributed by atoms with Crippen LogP contribution >= 0.6 is 0 Å². The topological polar surface area (TPSA) is 78.4 Å². The molecule has 2 rings (SSSR count). The van der Waals surface area contributed by atoms with Gasteiger partial charge in [-0.15, -0.1) is 0 Å². The first kappa shape index (κ1) is 10.9. The summed E-state index contributed by atoms with van der Waals surface area (Å²) in [6.45, 7) is 0. The summed E-state index contributed by atoms with van der Waals surface area (Å²) < 4.78 is 5.00. The Morgan fingerprint density at radius 3 is 2.75 bits per heavy atom. The van der Waals surface area contributed by atoms with Crippen LogP contribution in [0.2, 0.25) is 0 Å². The van der Waals surface area contributed by atoms with E-state index in [2.05, 4.69) is 0 Å². The number of methoxy groups -OCH3 is 1. The molecule has 0 aliphatic heterocycles. The lowest BCUT2D eigenvalue weighted by Gasteiger charge is -2.09. The summed E-state index contributed by atoms with van der Waals surface area (Å²) >= 11 is 0. The van der Waals surface area contributed by atoms with Crippen LogP contribution in [0.3, 0.4) is 0 Å². The maximum Gasteiger partial charge on any atom is 0.310 e. The molecule has 5 heteroatoms. The fourth-order valence-corrected chi connectivity index (χ4v) is 1.73. The number of rotatable bonds is 4. The van der Waals surface area contributed by atoms with E-state index in [1.165, 1.54) is 13.2 Å². The molecule has 2 N–H and O–H groups in total. The third-order valence-corrected chi connectivity index (χ3v) is 2.89. The Morgan fingerprint density at radius 1 is 1.56 bits per heavy atom. The first-order chi connectivity index (χ1) is 7.54. The molecule has 1 aliphatic rings. The predicted molar refractivity (Wildman–Crippen MR) is 59.5 cm³/mol. The SMILES string of the molecule is COc1cc(CC2(N)CC2)ccc1[N+](=O)[O-]. The fourth-order valence-electron chi connectivity index (χ4n) is 1.73. The Hall–Kier alpha value is -1.62. The second kappa shape index (κ2) is 3.75. The summed E-state index contributed by atoms with van der Waals surface area (Å²) in [5.41, 5.74) is 6.88. The van der Waals surface area contributed by atoms with Crippen molar-refractivity contribution in [2.45, 2.75) is 24.8 Å². The van der Waals surface area contributed by atoms with Crippen molar-refractivity contribution < 1.29 is 9.66 Å². The molecule has 1 fully saturated rings. The van der Waals surface area contributed by atoms with Crippen molar-refractivity contribution in [3.63, 3.8) is 0 Å². The van der Waals surface area contributed by atoms with E-state index in [9.17, 15) is 10.1 Å². The van der Waals surface area contributed by atoms with E-state index < -0.39 is 4.92 Å². The lowest BCUT2D eigenvalue weighted by Crippen LogP contribution is -2.24. The lowest BCUT2D eigenvalue weighted by molar-refractivity contribution is -0.385. The number of nitro benzene ring substituents is 1. The highest BCUT2D eigenvalue weighted by atomic mass is 16.6. The summed E-state index contributed by atoms with van der Waals surface area (Å²) in [4.78, 5) is 10.2. The van der Waals surface area contributed by atoms with Gasteiger partial charge in [0, 0.05) is 11.6 Å². The third kappa shape index (κ3) is 2.14. The molecule has 0 aromatic heterocycles. The zero-order chi connectivity index (χ0) is 11.8. The first-order valence-corrected chi connectivity index (χ1v) is 5.14. The number of hydrogen-bond acceptors (Lipinski definition) is 4. The monoisotopic (exact) mass is 222 g/mol. The molecule has 0 atom stereocenters. The minimum Gasteiger partial charge on any atom is -0.490 e. The van der Waals surface area contributed by atoms with Crippen molar-refractivity contribution in [3.05, 3.63) is 33.9 Å². The molecule has 1 aromatic carbocycles. The summed E-state index contributed by atoms with van der Waals surface area (Å²) in [6, 6.07) is 4.92. The average molecular weight is 222 g/mol. The van der Waals surface area contributed by atoms with Gasteiger partial charge >= 0.3 is 5.69 Å². The molecule has 0 bridgehead atoms. The largest absolute Gasteiger partial charge is 0.490 e. The zero-order valence-corrected chi connectivity index (χ0v) is 9.10. The van der Waals surface area contributed by atoms with Crippen LogP contribution in [0, 0.1) is 10.1 Å². The molecule has 16 heavy (non-hydrogen) atoms. The second-order valence-corrected chi connectivity index (χ2v) is 4.30. The van der Waals surface area contributed by atoms with Gasteiger partial charge in [-0.1, -0.05) is 6.07 Å². The molecular weight excluding hydrogens is 208 g/mol. The number of benzene rings is 1. The van der Waals surface area contributed by atoms with Crippen LogP contribution in [0.15, 0.2) is 18.2 Å². The lowest BCUT2D eigenvalue weighted by atomic mass is 10.0. The highest BCUT2D eigenvalue weighted by Gasteiger charge is 2.38. The van der Waals surface area contributed by atoms with Gasteiger partial charge in [-0.3, -0.25) is 10.1 Å². The molecule has 0 saturated heterocycles. The van der Waals surface area contributed by atoms with Gasteiger partial charge in [-0.25, -0.2) is 0 Å². The van der Waals surface area contributed by atoms with Crippen molar-refractivity contribution in [1.82, 2.24) is 0 Å². The average Bonchev–Trinajstić information content (AvgIpc) is 2.95. The van der Waals surface area contributed by atoms with Crippen molar-refractivity contribution in [1.29, 1.82) is 0 Å². The molecule has 0 spiro atoms. The molecule has 5 nitrogen and oxygen atoms in total. The van der Waals surface area contributed by atoms with Gasteiger partial charge in [0.2, 0.25) is 0 Å². The summed E-state index contributed by atoms with van der Waals surface area (Å²) in [5, 5.41) is 10.7. The van der Waals surface area contributed by atoms with Gasteiger partial charge < -0.3 is 10.5 Å². The first-order valence-electron chi connectivity index (χ1n) is 5.14. The Bertz CT molecular complexity index is 427. The molecule has 1 aromatic rings. The van der Waals surface area contributed by atoms with Gasteiger partial charge in [0.25, 0.3) is 0 Å². The second-order valence-electron chi connectivity index (χ2n) is 4.30. The molecule has 0 heterocycles. The third-order valence-electron chi connectivity index (χ3n) is 2.89. The summed E-state index contributed by atoms with van der Waals surface area (Å²) in [5.74, 6) is 0.298. The molecule has 1 aliphatic carbocycles. The van der Waals surface area contributed by atoms with Crippen LogP contribution in [-0.2, 0) is 6.42 Å². The van der Waals surface area contributed by atoms with Crippen LogP contribution in [0.25, 0.3) is 0 Å². The predicted octanol–water partition coefficient (Wildman–Crippen LogP) is 1.64. The van der Waals surface area contributed by atoms with E-state index in [-0.39, 0.29) is 11.2 Å². The van der Waals surface area contributed by atoms with Gasteiger partial charge in [0.05, 0.1) is 12.0 Å². The van der Waals surface area contributed by atoms with E-state index in [0.717, 1.165) is 24.8 Å². The fraction of sp³-hybridized carbons (Fsp3) is 0.455. The molecular formula is C11H14N2O3. The molecule has 1 saturated carbocycles. The number of ether oxygens (including phenoxy) is 1. The summed E-state index contributed by atoms with van der Waals surface area (Å²) in [7, 11) is 1.43. The molecule has 0 amide bonds. The van der Waals surface area contributed by atoms with Crippen LogP contribution in [-0.4, -0.2) is 17.6 Å². The molecule has 0 radical (unpaired) electrons. The van der Waals surface area contributed by atoms with Crippen LogP contribution in [0.1, 0.15) is 18.4 Å². The normalized spacial score (nSPS) is 16.9. The maximum atomic E-state index is 10.7. The van der Waals surface area contributed by atoms with E-state index in [4.69, 9.17) is 10.5 Å². The van der Waals surface area contributed by atoms with Crippen LogP contribution in [0.4, 0.5) is 5.69 Å². The highest BCUT2D eigenvalue weighted by Crippen LogP contribution is 2.37. The van der Waals surface area contributed by atoms with E-state index in [1.807, 2.05) is 0 Å². The van der Waals surface area contributed by atoms with Crippen molar-refractivity contribution in [3.8, 4) is 5.75 Å². The van der Waals surface area contributed by atoms with E-state index in [1.54, 1.807) is 12.1 Å². The number of nitro groups is 1. The van der Waals surface area contributed by atoms with Crippen LogP contribution in [0.5, 0.6) is 5.75 Å². The minimum atomic E-state index is -0.446. The van der Waals surface area contributed by atoms with E-state index in [0.29, 0.717) is 5.75 Å². The molecule has 86 valence electrons. The quantitative estimate of drug-likeness (QED) is 0.620. The van der Waals surface area contributed by atoms with Crippen molar-refractivity contribution >= 4 is 5.69 Å². The van der Waals surface area contributed by atoms with Crippen molar-refractivity contribution in [2.75, 3.05) is 7.11 Å². The Morgan fingerprint density at radius 2 is 2.25 bits per heavy atom. The summed E-state index contributed by atoms with van der Waals surface area (Å²) in [6.07, 6.45) is 2.79. The van der Waals surface area contributed by atoms with Gasteiger partial charge in [0.15, 0.2) is 5.75 Å². The number of hydrogen-bond donors (Lipinski definition) is 1. The van der Waals surface area contributed by atoms with Gasteiger partial charge in [-0.2, -0.15) is 0 Å². The smallest absolute Gasteiger partial charge is 0.310 e. The van der Waals surface area contributed by atoms with Gasteiger partial charge in [0.1, 0.15) is 0 Å². The number of nitrogens with two attached hydrogens (primary N) is 1. The minimum absolute atomic E-state index is 0.00637. The standard InChI is InChI=1S/C11H14N2O3/c1-16-10-6-8(7-11(12)4-5-11)2-3-9(10)13(14)15/h2-3,6H,4-5,7,12H2,1H3. The molecule has 0 unspecified atom stereocenters. The van der Waals surface area contributed by atoms with Crippen molar-refractivity contribution in [2.24, 2.45) is 5.73 Å². The van der Waals surface area contributed by atoms with Gasteiger partial charge in [-0.05, 0) is 30.9 Å². The zero-order valence-electron chi connectivity index (χ0n) is 9.10. The van der Waals surface area contributed by atoms with Crippen LogP contribution < -0.4 is 10.5 Å². The Balaban J connectivity index is 2.25. The number of nitrogens with zero attached hydrogens (tertiary/aromatic N) is 1. The maximum absolute atomic E-state index is 10.7. The van der Waals surface area contributed by atoms with E-state index >= 15 is 0 Å². The Kier molecular flexibility index (Phi) is 2.55. The highest BCUT2D eigenvalue weighted by molar-refractivity contribution is 5.48. The Labute approximate surface area is 93.4 Å².